The molecule has 33 heavy (non-hydrogen) atoms. The van der Waals surface area contributed by atoms with Crippen LogP contribution < -0.4 is 4.74 Å². The third kappa shape index (κ3) is 4.70. The number of hydrogen-bond donors (Lipinski definition) is 0. The number of thiophene rings is 1. The molecule has 5 rings (SSSR count). The molecule has 0 amide bonds. The lowest BCUT2D eigenvalue weighted by molar-refractivity contribution is 0.104. The number of nitrogens with zero attached hydrogens (tertiary/aromatic N) is 1. The third-order valence-electron chi connectivity index (χ3n) is 6.17. The summed E-state index contributed by atoms with van der Waals surface area (Å²) in [5, 5.41) is 0.931. The van der Waals surface area contributed by atoms with Crippen LogP contribution in [0.4, 0.5) is 4.39 Å². The Bertz CT molecular complexity index is 1270. The number of carbonyl (C=O) groups is 1. The van der Waals surface area contributed by atoms with Crippen molar-refractivity contribution in [2.45, 2.75) is 19.8 Å². The minimum atomic E-state index is -0.349. The molecule has 3 aromatic carbocycles. The van der Waals surface area contributed by atoms with Crippen LogP contribution >= 0.6 is 11.3 Å². The third-order valence-corrected chi connectivity index (χ3v) is 7.37. The first-order valence-electron chi connectivity index (χ1n) is 11.4. The molecule has 1 aliphatic heterocycles. The number of ketones is 1. The average molecular weight is 460 g/mol. The summed E-state index contributed by atoms with van der Waals surface area (Å²) >= 11 is 1.62. The Labute approximate surface area is 197 Å². The van der Waals surface area contributed by atoms with Crippen LogP contribution in [-0.4, -0.2) is 36.9 Å². The summed E-state index contributed by atoms with van der Waals surface area (Å²) in [6.07, 6.45) is 2.56. The van der Waals surface area contributed by atoms with Crippen molar-refractivity contribution >= 4 is 27.2 Å². The fourth-order valence-electron chi connectivity index (χ4n) is 4.38. The first kappa shape index (κ1) is 21.8. The van der Waals surface area contributed by atoms with Gasteiger partial charge in [0.15, 0.2) is 5.78 Å². The van der Waals surface area contributed by atoms with E-state index in [0.29, 0.717) is 17.7 Å². The number of ether oxygens (including phenoxy) is 1. The summed E-state index contributed by atoms with van der Waals surface area (Å²) in [7, 11) is 0. The molecular formula is C28H26FNO2S. The predicted molar refractivity (Wildman–Crippen MR) is 133 cm³/mol. The Balaban J connectivity index is 1.45. The molecule has 0 aliphatic carbocycles. The van der Waals surface area contributed by atoms with E-state index in [2.05, 4.69) is 17.9 Å². The summed E-state index contributed by atoms with van der Waals surface area (Å²) in [6, 6.07) is 19.9. The van der Waals surface area contributed by atoms with Crippen LogP contribution in [0.15, 0.2) is 66.7 Å². The maximum Gasteiger partial charge on any atom is 0.195 e. The zero-order chi connectivity index (χ0) is 22.8. The lowest BCUT2D eigenvalue weighted by Gasteiger charge is -2.15. The van der Waals surface area contributed by atoms with Crippen molar-refractivity contribution in [1.29, 1.82) is 0 Å². The summed E-state index contributed by atoms with van der Waals surface area (Å²) in [5.41, 5.74) is 3.29. The van der Waals surface area contributed by atoms with Crippen LogP contribution in [0, 0.1) is 12.7 Å². The molecule has 0 spiro atoms. The molecule has 0 unspecified atom stereocenters. The van der Waals surface area contributed by atoms with E-state index >= 15 is 0 Å². The van der Waals surface area contributed by atoms with E-state index in [1.165, 1.54) is 38.1 Å². The van der Waals surface area contributed by atoms with Crippen LogP contribution in [0.1, 0.15) is 34.3 Å². The second kappa shape index (κ2) is 9.46. The second-order valence-corrected chi connectivity index (χ2v) is 9.62. The van der Waals surface area contributed by atoms with Gasteiger partial charge in [0.2, 0.25) is 0 Å². The molecule has 0 N–H and O–H groups in total. The first-order chi connectivity index (χ1) is 16.1. The normalized spacial score (nSPS) is 14.1. The second-order valence-electron chi connectivity index (χ2n) is 8.56. The van der Waals surface area contributed by atoms with Crippen molar-refractivity contribution in [2.75, 3.05) is 26.2 Å². The number of carbonyl (C=O) groups excluding carboxylic acids is 1. The van der Waals surface area contributed by atoms with E-state index in [1.54, 1.807) is 23.5 Å². The van der Waals surface area contributed by atoms with Gasteiger partial charge >= 0.3 is 0 Å². The maximum absolute atomic E-state index is 13.5. The number of halogens is 1. The lowest BCUT2D eigenvalue weighted by Crippen LogP contribution is -2.25. The maximum atomic E-state index is 13.5. The smallest absolute Gasteiger partial charge is 0.195 e. The summed E-state index contributed by atoms with van der Waals surface area (Å²) < 4.78 is 20.4. The van der Waals surface area contributed by atoms with Gasteiger partial charge in [-0.05, 0) is 98.6 Å². The van der Waals surface area contributed by atoms with Crippen LogP contribution in [-0.2, 0) is 0 Å². The Kier molecular flexibility index (Phi) is 6.25. The minimum absolute atomic E-state index is 0.0916. The van der Waals surface area contributed by atoms with Gasteiger partial charge in [-0.15, -0.1) is 11.3 Å². The Morgan fingerprint density at radius 3 is 2.45 bits per heavy atom. The Morgan fingerprint density at radius 1 is 1.00 bits per heavy atom. The molecule has 1 saturated heterocycles. The van der Waals surface area contributed by atoms with E-state index in [-0.39, 0.29) is 11.6 Å². The monoisotopic (exact) mass is 459 g/mol. The highest BCUT2D eigenvalue weighted by Gasteiger charge is 2.22. The van der Waals surface area contributed by atoms with Gasteiger partial charge in [-0.1, -0.05) is 12.1 Å². The Morgan fingerprint density at radius 2 is 1.73 bits per heavy atom. The molecule has 3 nitrogen and oxygen atoms in total. The molecule has 1 aliphatic rings. The average Bonchev–Trinajstić information content (AvgIpc) is 3.47. The van der Waals surface area contributed by atoms with Gasteiger partial charge in [-0.3, -0.25) is 9.69 Å². The lowest BCUT2D eigenvalue weighted by atomic mass is 9.97. The zero-order valence-electron chi connectivity index (χ0n) is 18.6. The molecular weight excluding hydrogens is 433 g/mol. The molecule has 0 saturated carbocycles. The molecule has 168 valence electrons. The van der Waals surface area contributed by atoms with E-state index in [0.717, 1.165) is 38.4 Å². The van der Waals surface area contributed by atoms with Crippen molar-refractivity contribution in [3.8, 4) is 16.2 Å². The Hall–Kier alpha value is -3.02. The van der Waals surface area contributed by atoms with E-state index in [1.807, 2.05) is 36.4 Å². The van der Waals surface area contributed by atoms with Crippen LogP contribution in [0.2, 0.25) is 0 Å². The highest BCUT2D eigenvalue weighted by Crippen LogP contribution is 2.40. The summed E-state index contributed by atoms with van der Waals surface area (Å²) in [4.78, 5) is 16.9. The van der Waals surface area contributed by atoms with E-state index in [4.69, 9.17) is 4.74 Å². The van der Waals surface area contributed by atoms with Crippen molar-refractivity contribution in [1.82, 2.24) is 4.90 Å². The molecule has 5 heteroatoms. The fourth-order valence-corrected chi connectivity index (χ4v) is 5.68. The van der Waals surface area contributed by atoms with Gasteiger partial charge in [0, 0.05) is 32.6 Å². The number of hydrogen-bond acceptors (Lipinski definition) is 4. The molecule has 0 atom stereocenters. The highest BCUT2D eigenvalue weighted by molar-refractivity contribution is 7.22. The molecule has 1 aromatic heterocycles. The van der Waals surface area contributed by atoms with E-state index < -0.39 is 0 Å². The molecule has 1 fully saturated rings. The number of likely N-dealkylation sites (tertiary alicyclic amines) is 1. The van der Waals surface area contributed by atoms with Crippen LogP contribution in [0.5, 0.6) is 5.75 Å². The number of aryl methyl sites for hydroxylation is 1. The highest BCUT2D eigenvalue weighted by atomic mass is 32.1. The van der Waals surface area contributed by atoms with E-state index in [9.17, 15) is 9.18 Å². The molecule has 4 aromatic rings. The SMILES string of the molecule is Cc1ccc2c(C(=O)c3ccc(F)cc3)c(-c3ccc(OCCN4CCCC4)cc3)sc2c1. The fraction of sp³-hybridized carbons (Fsp3) is 0.250. The van der Waals surface area contributed by atoms with Gasteiger partial charge in [0.05, 0.1) is 0 Å². The predicted octanol–water partition coefficient (Wildman–Crippen LogP) is 6.72. The summed E-state index contributed by atoms with van der Waals surface area (Å²) in [6.45, 7) is 6.01. The number of rotatable bonds is 7. The van der Waals surface area contributed by atoms with Crippen molar-refractivity contribution < 1.29 is 13.9 Å². The van der Waals surface area contributed by atoms with Crippen molar-refractivity contribution in [2.24, 2.45) is 0 Å². The van der Waals surface area contributed by atoms with Gasteiger partial charge in [-0.25, -0.2) is 4.39 Å². The molecule has 0 radical (unpaired) electrons. The van der Waals surface area contributed by atoms with Crippen LogP contribution in [0.3, 0.4) is 0 Å². The molecule has 2 heterocycles. The summed E-state index contributed by atoms with van der Waals surface area (Å²) in [5.74, 6) is 0.394. The van der Waals surface area contributed by atoms with Gasteiger partial charge < -0.3 is 4.74 Å². The van der Waals surface area contributed by atoms with Gasteiger partial charge in [-0.2, -0.15) is 0 Å². The van der Waals surface area contributed by atoms with Crippen molar-refractivity contribution in [3.05, 3.63) is 89.2 Å². The van der Waals surface area contributed by atoms with Crippen molar-refractivity contribution in [3.63, 3.8) is 0 Å². The standard InChI is InChI=1S/C28H26FNO2S/c1-19-4-13-24-25(18-19)33-28(26(24)27(31)20-5-9-22(29)10-6-20)21-7-11-23(12-8-21)32-17-16-30-14-2-3-15-30/h4-13,18H,2-3,14-17H2,1H3. The number of fused-ring (bicyclic) bond motifs is 1. The number of benzene rings is 3. The minimum Gasteiger partial charge on any atom is -0.492 e. The largest absolute Gasteiger partial charge is 0.492 e. The van der Waals surface area contributed by atoms with Gasteiger partial charge in [0.25, 0.3) is 0 Å². The van der Waals surface area contributed by atoms with Gasteiger partial charge in [0.1, 0.15) is 18.2 Å². The molecule has 0 bridgehead atoms. The first-order valence-corrected chi connectivity index (χ1v) is 12.2. The topological polar surface area (TPSA) is 29.5 Å². The van der Waals surface area contributed by atoms with Crippen LogP contribution in [0.25, 0.3) is 20.5 Å². The zero-order valence-corrected chi connectivity index (χ0v) is 19.5. The quantitative estimate of drug-likeness (QED) is 0.287.